The van der Waals surface area contributed by atoms with Gasteiger partial charge in [0.05, 0.1) is 0 Å². The smallest absolute Gasteiger partial charge is 0.000974 e. The van der Waals surface area contributed by atoms with Gasteiger partial charge in [0.2, 0.25) is 0 Å². The van der Waals surface area contributed by atoms with Crippen molar-refractivity contribution in [1.82, 2.24) is 0 Å². The second-order valence-corrected chi connectivity index (χ2v) is 3.84. The Labute approximate surface area is 81.4 Å². The Kier molecular flexibility index (Phi) is 3.30. The molecule has 0 heterocycles. The Morgan fingerprint density at radius 3 is 2.69 bits per heavy atom. The highest BCUT2D eigenvalue weighted by Crippen LogP contribution is 2.20. The van der Waals surface area contributed by atoms with Crippen molar-refractivity contribution in [3.05, 3.63) is 47.6 Å². The average molecular weight is 174 g/mol. The lowest BCUT2D eigenvalue weighted by molar-refractivity contribution is 0.807. The molecule has 13 heavy (non-hydrogen) atoms. The fraction of sp³-hybridized carbons (Fsp3) is 0.385. The molecule has 0 amide bonds. The van der Waals surface area contributed by atoms with E-state index < -0.39 is 0 Å². The third-order valence-corrected chi connectivity index (χ3v) is 2.46. The van der Waals surface area contributed by atoms with Crippen LogP contribution in [-0.2, 0) is 0 Å². The summed E-state index contributed by atoms with van der Waals surface area (Å²) in [5.74, 6) is 0.570. The highest BCUT2D eigenvalue weighted by Gasteiger charge is 2.04. The lowest BCUT2D eigenvalue weighted by Gasteiger charge is -2.11. The van der Waals surface area contributed by atoms with Crippen LogP contribution in [0.25, 0.3) is 0 Å². The molecule has 1 aliphatic carbocycles. The van der Waals surface area contributed by atoms with E-state index in [1.54, 1.807) is 0 Å². The van der Waals surface area contributed by atoms with E-state index in [4.69, 9.17) is 0 Å². The molecule has 0 fully saturated rings. The van der Waals surface area contributed by atoms with E-state index in [0.717, 1.165) is 6.42 Å². The van der Waals surface area contributed by atoms with Crippen molar-refractivity contribution in [2.24, 2.45) is 5.92 Å². The summed E-state index contributed by atoms with van der Waals surface area (Å²) in [6.07, 6.45) is 10.2. The number of hydrogen-bond donors (Lipinski definition) is 0. The monoisotopic (exact) mass is 174 g/mol. The Bertz CT molecular complexity index is 287. The van der Waals surface area contributed by atoms with Crippen molar-refractivity contribution in [2.45, 2.75) is 27.2 Å². The molecule has 0 radical (unpaired) electrons. The first-order chi connectivity index (χ1) is 6.09. The van der Waals surface area contributed by atoms with Gasteiger partial charge in [0.25, 0.3) is 0 Å². The summed E-state index contributed by atoms with van der Waals surface area (Å²) in [7, 11) is 0. The summed E-state index contributed by atoms with van der Waals surface area (Å²) < 4.78 is 0. The lowest BCUT2D eigenvalue weighted by Crippen LogP contribution is -1.96. The fourth-order valence-corrected chi connectivity index (χ4v) is 1.33. The molecule has 70 valence electrons. The van der Waals surface area contributed by atoms with Crippen LogP contribution in [-0.4, -0.2) is 0 Å². The predicted molar refractivity (Wildman–Crippen MR) is 59.6 cm³/mol. The molecule has 0 aliphatic heterocycles. The van der Waals surface area contributed by atoms with E-state index in [9.17, 15) is 0 Å². The van der Waals surface area contributed by atoms with Gasteiger partial charge in [-0.2, -0.15) is 0 Å². The Morgan fingerprint density at radius 1 is 1.54 bits per heavy atom. The van der Waals surface area contributed by atoms with Gasteiger partial charge < -0.3 is 0 Å². The van der Waals surface area contributed by atoms with E-state index in [1.807, 2.05) is 0 Å². The number of allylic oxidation sites excluding steroid dienone is 7. The molecule has 0 N–H and O–H groups in total. The number of hydrogen-bond acceptors (Lipinski definition) is 0. The summed E-state index contributed by atoms with van der Waals surface area (Å²) >= 11 is 0. The molecule has 0 saturated carbocycles. The summed E-state index contributed by atoms with van der Waals surface area (Å²) in [6.45, 7) is 10.2. The van der Waals surface area contributed by atoms with Crippen molar-refractivity contribution in [3.63, 3.8) is 0 Å². The van der Waals surface area contributed by atoms with Crippen LogP contribution in [0.15, 0.2) is 47.6 Å². The number of rotatable bonds is 2. The highest BCUT2D eigenvalue weighted by molar-refractivity contribution is 5.29. The maximum absolute atomic E-state index is 3.93. The second-order valence-electron chi connectivity index (χ2n) is 3.84. The zero-order chi connectivity index (χ0) is 9.84. The molecule has 1 unspecified atom stereocenters. The molecule has 0 aromatic rings. The van der Waals surface area contributed by atoms with Gasteiger partial charge >= 0.3 is 0 Å². The zero-order valence-electron chi connectivity index (χ0n) is 8.80. The van der Waals surface area contributed by atoms with Crippen molar-refractivity contribution in [1.29, 1.82) is 0 Å². The molecular formula is C13H18. The maximum Gasteiger partial charge on any atom is -0.000974 e. The van der Waals surface area contributed by atoms with E-state index in [1.165, 1.54) is 16.7 Å². The van der Waals surface area contributed by atoms with E-state index in [0.29, 0.717) is 5.92 Å². The molecule has 0 spiro atoms. The molecule has 0 nitrogen and oxygen atoms in total. The Hall–Kier alpha value is -1.04. The normalized spacial score (nSPS) is 22.8. The topological polar surface area (TPSA) is 0 Å². The van der Waals surface area contributed by atoms with Crippen LogP contribution in [0.3, 0.4) is 0 Å². The van der Waals surface area contributed by atoms with Gasteiger partial charge in [-0.05, 0) is 33.1 Å². The molecule has 0 bridgehead atoms. The van der Waals surface area contributed by atoms with Crippen LogP contribution in [0.2, 0.25) is 0 Å². The third kappa shape index (κ3) is 3.06. The first-order valence-electron chi connectivity index (χ1n) is 4.79. The molecule has 0 aromatic heterocycles. The lowest BCUT2D eigenvalue weighted by atomic mass is 9.94. The van der Waals surface area contributed by atoms with Gasteiger partial charge in [-0.25, -0.2) is 0 Å². The van der Waals surface area contributed by atoms with Crippen molar-refractivity contribution >= 4 is 0 Å². The minimum absolute atomic E-state index is 0.570. The summed E-state index contributed by atoms with van der Waals surface area (Å²) in [5, 5.41) is 0. The Morgan fingerprint density at radius 2 is 2.23 bits per heavy atom. The molecule has 0 saturated heterocycles. The van der Waals surface area contributed by atoms with Gasteiger partial charge in [0, 0.05) is 0 Å². The van der Waals surface area contributed by atoms with Crippen molar-refractivity contribution < 1.29 is 0 Å². The van der Waals surface area contributed by atoms with Crippen LogP contribution >= 0.6 is 0 Å². The quantitative estimate of drug-likeness (QED) is 0.554. The van der Waals surface area contributed by atoms with Crippen molar-refractivity contribution in [2.75, 3.05) is 0 Å². The van der Waals surface area contributed by atoms with Crippen LogP contribution in [0, 0.1) is 5.92 Å². The first-order valence-corrected chi connectivity index (χ1v) is 4.79. The van der Waals surface area contributed by atoms with Gasteiger partial charge in [0.1, 0.15) is 0 Å². The van der Waals surface area contributed by atoms with Gasteiger partial charge in [0.15, 0.2) is 0 Å². The van der Waals surface area contributed by atoms with Crippen LogP contribution in [0.4, 0.5) is 0 Å². The highest BCUT2D eigenvalue weighted by atomic mass is 14.1. The summed E-state index contributed by atoms with van der Waals surface area (Å²) in [6, 6.07) is 0. The molecule has 1 rings (SSSR count). The second kappa shape index (κ2) is 4.27. The van der Waals surface area contributed by atoms with Crippen LogP contribution in [0.5, 0.6) is 0 Å². The SMILES string of the molecule is C=C(C)C(C)=CC1C=CC(C)=CC1. The summed E-state index contributed by atoms with van der Waals surface area (Å²) in [5.41, 5.74) is 3.85. The fourth-order valence-electron chi connectivity index (χ4n) is 1.33. The molecule has 1 atom stereocenters. The predicted octanol–water partition coefficient (Wildman–Crippen LogP) is 4.03. The van der Waals surface area contributed by atoms with Crippen molar-refractivity contribution in [3.8, 4) is 0 Å². The maximum atomic E-state index is 3.93. The molecule has 0 heteroatoms. The van der Waals surface area contributed by atoms with Crippen LogP contribution in [0.1, 0.15) is 27.2 Å². The summed E-state index contributed by atoms with van der Waals surface area (Å²) in [4.78, 5) is 0. The molecule has 1 aliphatic rings. The third-order valence-electron chi connectivity index (χ3n) is 2.46. The largest absolute Gasteiger partial charge is 0.0959 e. The van der Waals surface area contributed by atoms with E-state index in [-0.39, 0.29) is 0 Å². The average Bonchev–Trinajstić information content (AvgIpc) is 2.08. The standard InChI is InChI=1S/C13H18/c1-10(2)12(4)9-13-7-5-11(3)6-8-13/h5-7,9,13H,1,8H2,2-4H3. The minimum atomic E-state index is 0.570. The first kappa shape index (κ1) is 10.0. The van der Waals surface area contributed by atoms with E-state index >= 15 is 0 Å². The molecular weight excluding hydrogens is 156 g/mol. The van der Waals surface area contributed by atoms with Crippen LogP contribution < -0.4 is 0 Å². The van der Waals surface area contributed by atoms with Gasteiger partial charge in [-0.15, -0.1) is 0 Å². The zero-order valence-corrected chi connectivity index (χ0v) is 8.80. The van der Waals surface area contributed by atoms with Gasteiger partial charge in [-0.1, -0.05) is 47.6 Å². The Balaban J connectivity index is 2.63. The minimum Gasteiger partial charge on any atom is -0.0959 e. The van der Waals surface area contributed by atoms with E-state index in [2.05, 4.69) is 51.7 Å². The molecule has 0 aromatic carbocycles. The van der Waals surface area contributed by atoms with Gasteiger partial charge in [-0.3, -0.25) is 0 Å².